The molecule has 4 heterocycles. The van der Waals surface area contributed by atoms with E-state index < -0.39 is 9.84 Å². The molecule has 35 heavy (non-hydrogen) atoms. The number of rotatable bonds is 6. The van der Waals surface area contributed by atoms with Gasteiger partial charge in [0, 0.05) is 44.4 Å². The van der Waals surface area contributed by atoms with E-state index in [1.165, 1.54) is 7.11 Å². The van der Waals surface area contributed by atoms with Crippen LogP contribution < -0.4 is 4.74 Å². The van der Waals surface area contributed by atoms with Gasteiger partial charge in [0.15, 0.2) is 15.5 Å². The number of amides is 1. The Kier molecular flexibility index (Phi) is 6.84. The Labute approximate surface area is 205 Å². The Morgan fingerprint density at radius 2 is 2.00 bits per heavy atom. The van der Waals surface area contributed by atoms with E-state index in [-0.39, 0.29) is 28.3 Å². The highest BCUT2D eigenvalue weighted by molar-refractivity contribution is 7.91. The van der Waals surface area contributed by atoms with Crippen molar-refractivity contribution in [1.29, 1.82) is 0 Å². The summed E-state index contributed by atoms with van der Waals surface area (Å²) in [5.74, 6) is -0.203. The maximum absolute atomic E-state index is 13.6. The lowest BCUT2D eigenvalue weighted by Gasteiger charge is -2.34. The molecule has 11 heteroatoms. The van der Waals surface area contributed by atoms with Gasteiger partial charge >= 0.3 is 0 Å². The molecular weight excluding hydrogens is 472 g/mol. The summed E-state index contributed by atoms with van der Waals surface area (Å²) in [5, 5.41) is 4.85. The summed E-state index contributed by atoms with van der Waals surface area (Å²) in [7, 11) is -0.559. The van der Waals surface area contributed by atoms with Crippen molar-refractivity contribution in [2.45, 2.75) is 29.5 Å². The first kappa shape index (κ1) is 24.2. The summed E-state index contributed by atoms with van der Waals surface area (Å²) in [5.41, 5.74) is 1.97. The minimum absolute atomic E-state index is 0.0143. The number of carbonyl (C=O) groups excluding carboxylic acids is 1. The van der Waals surface area contributed by atoms with Crippen molar-refractivity contribution in [3.63, 3.8) is 0 Å². The van der Waals surface area contributed by atoms with Crippen molar-refractivity contribution in [3.8, 4) is 17.0 Å². The van der Waals surface area contributed by atoms with Crippen LogP contribution in [-0.2, 0) is 25.1 Å². The molecular formula is C24H32N4O6S. The number of aromatic nitrogens is 2. The maximum Gasteiger partial charge on any atom is 0.274 e. The highest BCUT2D eigenvalue weighted by Crippen LogP contribution is 2.45. The van der Waals surface area contributed by atoms with E-state index in [2.05, 4.69) is 4.90 Å². The molecule has 0 radical (unpaired) electrons. The van der Waals surface area contributed by atoms with E-state index in [1.54, 1.807) is 30.2 Å². The Bertz CT molecular complexity index is 1200. The molecule has 1 aromatic heterocycles. The average Bonchev–Trinajstić information content (AvgIpc) is 3.26. The van der Waals surface area contributed by atoms with Gasteiger partial charge in [-0.1, -0.05) is 12.1 Å². The zero-order valence-corrected chi connectivity index (χ0v) is 21.1. The first-order valence-corrected chi connectivity index (χ1v) is 13.7. The monoisotopic (exact) mass is 504 g/mol. The number of methoxy groups -OCH3 is 2. The van der Waals surface area contributed by atoms with Crippen LogP contribution in [0.4, 0.5) is 0 Å². The molecule has 190 valence electrons. The average molecular weight is 505 g/mol. The molecule has 0 N–H and O–H groups in total. The smallest absolute Gasteiger partial charge is 0.274 e. The molecule has 1 amide bonds. The number of nitrogens with zero attached hydrogens (tertiary/aromatic N) is 4. The Morgan fingerprint density at radius 3 is 2.74 bits per heavy atom. The van der Waals surface area contributed by atoms with Crippen molar-refractivity contribution in [1.82, 2.24) is 19.6 Å². The number of sulfone groups is 1. The van der Waals surface area contributed by atoms with Crippen molar-refractivity contribution < 1.29 is 27.4 Å². The second-order valence-electron chi connectivity index (χ2n) is 9.21. The van der Waals surface area contributed by atoms with E-state index in [4.69, 9.17) is 19.3 Å². The van der Waals surface area contributed by atoms with E-state index in [9.17, 15) is 13.2 Å². The van der Waals surface area contributed by atoms with Crippen molar-refractivity contribution in [3.05, 3.63) is 29.5 Å². The van der Waals surface area contributed by atoms with Gasteiger partial charge in [0.25, 0.3) is 5.91 Å². The number of benzene rings is 1. The summed E-state index contributed by atoms with van der Waals surface area (Å²) < 4.78 is 44.9. The molecule has 3 aliphatic heterocycles. The molecule has 0 spiro atoms. The van der Waals surface area contributed by atoms with Crippen molar-refractivity contribution >= 4 is 15.7 Å². The lowest BCUT2D eigenvalue weighted by atomic mass is 10.0. The van der Waals surface area contributed by atoms with Crippen LogP contribution >= 0.6 is 0 Å². The van der Waals surface area contributed by atoms with Crippen LogP contribution in [0.3, 0.4) is 0 Å². The van der Waals surface area contributed by atoms with E-state index >= 15 is 0 Å². The third kappa shape index (κ3) is 4.46. The minimum Gasteiger partial charge on any atom is -0.495 e. The van der Waals surface area contributed by atoms with E-state index in [0.29, 0.717) is 55.5 Å². The van der Waals surface area contributed by atoms with Gasteiger partial charge in [-0.05, 0) is 25.5 Å². The normalized spacial score (nSPS) is 21.9. The second-order valence-corrected chi connectivity index (χ2v) is 11.1. The second kappa shape index (κ2) is 9.88. The first-order valence-electron chi connectivity index (χ1n) is 12.0. The number of likely N-dealkylation sites (tertiary alicyclic amines) is 1. The Morgan fingerprint density at radius 1 is 1.20 bits per heavy atom. The third-order valence-electron chi connectivity index (χ3n) is 7.05. The highest BCUT2D eigenvalue weighted by Gasteiger charge is 2.40. The van der Waals surface area contributed by atoms with Crippen LogP contribution in [0.25, 0.3) is 11.3 Å². The standard InChI is InChI=1S/C24H32N4O6S/c1-32-12-9-26-8-4-5-17(15-26)28-22-18-6-3-7-20(33-2)23(18)35(30,31)16-19(22)21(25-28)24(29)27-10-13-34-14-11-27/h3,6-7,17H,4-5,8-16H2,1-2H3/t17-/m0/s1. The summed E-state index contributed by atoms with van der Waals surface area (Å²) in [6.07, 6.45) is 1.88. The zero-order valence-electron chi connectivity index (χ0n) is 20.2. The number of piperidine rings is 1. The van der Waals surface area contributed by atoms with Gasteiger partial charge in [0.1, 0.15) is 10.6 Å². The van der Waals surface area contributed by atoms with E-state index in [0.717, 1.165) is 32.5 Å². The molecule has 5 rings (SSSR count). The lowest BCUT2D eigenvalue weighted by molar-refractivity contribution is 0.0297. The van der Waals surface area contributed by atoms with Crippen LogP contribution in [0.1, 0.15) is 34.9 Å². The molecule has 2 aromatic rings. The number of hydrogen-bond acceptors (Lipinski definition) is 8. The fourth-order valence-corrected chi connectivity index (χ4v) is 7.10. The molecule has 3 aliphatic rings. The maximum atomic E-state index is 13.6. The SMILES string of the molecule is COCCN1CCC[C@H](n2nc(C(=O)N3CCOCC3)c3c2-c2cccc(OC)c2S(=O)(=O)C3)C1. The molecule has 1 atom stereocenters. The number of hydrogen-bond donors (Lipinski definition) is 0. The number of fused-ring (bicyclic) bond motifs is 3. The van der Waals surface area contributed by atoms with Crippen LogP contribution in [-0.4, -0.2) is 101 Å². The highest BCUT2D eigenvalue weighted by atomic mass is 32.2. The molecule has 0 aliphatic carbocycles. The summed E-state index contributed by atoms with van der Waals surface area (Å²) >= 11 is 0. The van der Waals surface area contributed by atoms with Gasteiger partial charge < -0.3 is 19.1 Å². The molecule has 0 saturated carbocycles. The van der Waals surface area contributed by atoms with Crippen LogP contribution in [0.2, 0.25) is 0 Å². The fourth-order valence-electron chi connectivity index (χ4n) is 5.34. The molecule has 1 aromatic carbocycles. The molecule has 10 nitrogen and oxygen atoms in total. The number of morpholine rings is 1. The van der Waals surface area contributed by atoms with E-state index in [1.807, 2.05) is 4.68 Å². The number of ether oxygens (including phenoxy) is 3. The van der Waals surface area contributed by atoms with Gasteiger partial charge in [0.2, 0.25) is 0 Å². The number of carbonyl (C=O) groups is 1. The predicted octanol–water partition coefficient (Wildman–Crippen LogP) is 1.60. The van der Waals surface area contributed by atoms with Gasteiger partial charge in [-0.3, -0.25) is 14.4 Å². The van der Waals surface area contributed by atoms with Gasteiger partial charge in [-0.25, -0.2) is 8.42 Å². The predicted molar refractivity (Wildman–Crippen MR) is 128 cm³/mol. The van der Waals surface area contributed by atoms with Crippen LogP contribution in [0.5, 0.6) is 5.75 Å². The Balaban J connectivity index is 1.64. The van der Waals surface area contributed by atoms with Gasteiger partial charge in [-0.2, -0.15) is 5.10 Å². The summed E-state index contributed by atoms with van der Waals surface area (Å²) in [6, 6.07) is 5.25. The largest absolute Gasteiger partial charge is 0.495 e. The van der Waals surface area contributed by atoms with Crippen LogP contribution in [0.15, 0.2) is 23.1 Å². The third-order valence-corrected chi connectivity index (χ3v) is 8.76. The van der Waals surface area contributed by atoms with Gasteiger partial charge in [-0.15, -0.1) is 0 Å². The molecule has 0 bridgehead atoms. The first-order chi connectivity index (χ1) is 16.9. The zero-order chi connectivity index (χ0) is 24.6. The quantitative estimate of drug-likeness (QED) is 0.585. The summed E-state index contributed by atoms with van der Waals surface area (Å²) in [4.78, 5) is 17.8. The van der Waals surface area contributed by atoms with Crippen LogP contribution in [0, 0.1) is 0 Å². The topological polar surface area (TPSA) is 103 Å². The van der Waals surface area contributed by atoms with Crippen molar-refractivity contribution in [2.75, 3.05) is 66.8 Å². The summed E-state index contributed by atoms with van der Waals surface area (Å²) in [6.45, 7) is 5.04. The molecule has 2 fully saturated rings. The lowest BCUT2D eigenvalue weighted by Crippen LogP contribution is -2.41. The molecule has 0 unspecified atom stereocenters. The minimum atomic E-state index is -3.73. The Hall–Kier alpha value is -2.47. The van der Waals surface area contributed by atoms with Crippen molar-refractivity contribution in [2.24, 2.45) is 0 Å². The molecule has 2 saturated heterocycles. The van der Waals surface area contributed by atoms with Gasteiger partial charge in [0.05, 0.1) is 44.4 Å². The fraction of sp³-hybridized carbons (Fsp3) is 0.583.